The number of aliphatic hydroxyl groups excluding tert-OH is 2. The van der Waals surface area contributed by atoms with Crippen LogP contribution in [0.2, 0.25) is 0 Å². The Labute approximate surface area is 106 Å². The first kappa shape index (κ1) is 12.2. The lowest BCUT2D eigenvalue weighted by atomic mass is 10.1. The van der Waals surface area contributed by atoms with E-state index in [1.54, 1.807) is 0 Å². The SMILES string of the molecule is N=c1c2[nH]cnc2ncn1[C@@H]1O[C@H](CO)[C@@H](F)[C@H]1O. The summed E-state index contributed by atoms with van der Waals surface area (Å²) in [6.45, 7) is -0.539. The lowest BCUT2D eigenvalue weighted by molar-refractivity contribution is -0.0539. The molecule has 0 aromatic carbocycles. The fourth-order valence-electron chi connectivity index (χ4n) is 2.14. The molecule has 1 aliphatic rings. The van der Waals surface area contributed by atoms with Crippen molar-refractivity contribution >= 4 is 11.2 Å². The average Bonchev–Trinajstić information content (AvgIpc) is 2.98. The monoisotopic (exact) mass is 269 g/mol. The van der Waals surface area contributed by atoms with Gasteiger partial charge in [0.2, 0.25) is 0 Å². The van der Waals surface area contributed by atoms with E-state index >= 15 is 0 Å². The third-order valence-electron chi connectivity index (χ3n) is 3.16. The Morgan fingerprint density at radius 1 is 1.53 bits per heavy atom. The van der Waals surface area contributed by atoms with E-state index in [9.17, 15) is 9.50 Å². The smallest absolute Gasteiger partial charge is 0.182 e. The van der Waals surface area contributed by atoms with Crippen molar-refractivity contribution in [2.75, 3.05) is 6.61 Å². The Bertz CT molecular complexity index is 656. The molecular formula is C10H12FN5O3. The minimum Gasteiger partial charge on any atom is -0.394 e. The van der Waals surface area contributed by atoms with Gasteiger partial charge < -0.3 is 19.9 Å². The Hall–Kier alpha value is -1.84. The summed E-state index contributed by atoms with van der Waals surface area (Å²) in [5, 5.41) is 26.7. The molecule has 1 saturated heterocycles. The Morgan fingerprint density at radius 3 is 3.00 bits per heavy atom. The Balaban J connectivity index is 2.05. The highest BCUT2D eigenvalue weighted by Crippen LogP contribution is 2.30. The number of imidazole rings is 1. The molecule has 102 valence electrons. The number of halogens is 1. The van der Waals surface area contributed by atoms with Gasteiger partial charge in [-0.1, -0.05) is 0 Å². The van der Waals surface area contributed by atoms with Crippen LogP contribution in [0, 0.1) is 5.41 Å². The second-order valence-corrected chi connectivity index (χ2v) is 4.28. The summed E-state index contributed by atoms with van der Waals surface area (Å²) >= 11 is 0. The van der Waals surface area contributed by atoms with Gasteiger partial charge in [0.15, 0.2) is 23.5 Å². The van der Waals surface area contributed by atoms with Crippen molar-refractivity contribution in [2.45, 2.75) is 24.6 Å². The lowest BCUT2D eigenvalue weighted by Crippen LogP contribution is -2.33. The van der Waals surface area contributed by atoms with Crippen molar-refractivity contribution in [3.8, 4) is 0 Å². The number of rotatable bonds is 2. The zero-order valence-electron chi connectivity index (χ0n) is 9.69. The summed E-state index contributed by atoms with van der Waals surface area (Å²) in [4.78, 5) is 10.6. The van der Waals surface area contributed by atoms with E-state index < -0.39 is 31.2 Å². The summed E-state index contributed by atoms with van der Waals surface area (Å²) in [6.07, 6.45) is -2.73. The van der Waals surface area contributed by atoms with Crippen molar-refractivity contribution in [1.29, 1.82) is 5.41 Å². The molecule has 2 aromatic heterocycles. The van der Waals surface area contributed by atoms with E-state index in [1.165, 1.54) is 17.2 Å². The zero-order valence-corrected chi connectivity index (χ0v) is 9.69. The maximum atomic E-state index is 13.7. The predicted molar refractivity (Wildman–Crippen MR) is 59.6 cm³/mol. The van der Waals surface area contributed by atoms with Crippen LogP contribution in [0.25, 0.3) is 11.2 Å². The number of hydrogen-bond acceptors (Lipinski definition) is 6. The molecule has 0 saturated carbocycles. The second-order valence-electron chi connectivity index (χ2n) is 4.28. The summed E-state index contributed by atoms with van der Waals surface area (Å²) in [7, 11) is 0. The van der Waals surface area contributed by atoms with E-state index in [0.29, 0.717) is 11.2 Å². The van der Waals surface area contributed by atoms with Crippen LogP contribution >= 0.6 is 0 Å². The molecule has 0 amide bonds. The van der Waals surface area contributed by atoms with Gasteiger partial charge in [-0.2, -0.15) is 0 Å². The van der Waals surface area contributed by atoms with Crippen molar-refractivity contribution in [2.24, 2.45) is 0 Å². The molecular weight excluding hydrogens is 257 g/mol. The van der Waals surface area contributed by atoms with Gasteiger partial charge in [-0.05, 0) is 0 Å². The maximum Gasteiger partial charge on any atom is 0.182 e. The number of aromatic nitrogens is 4. The molecule has 1 aliphatic heterocycles. The fraction of sp³-hybridized carbons (Fsp3) is 0.500. The number of aromatic amines is 1. The third kappa shape index (κ3) is 1.74. The number of alkyl halides is 1. The molecule has 3 heterocycles. The van der Waals surface area contributed by atoms with Gasteiger partial charge in [-0.15, -0.1) is 0 Å². The topological polar surface area (TPSA) is 120 Å². The molecule has 4 atom stereocenters. The summed E-state index contributed by atoms with van der Waals surface area (Å²) in [6, 6.07) is 0. The van der Waals surface area contributed by atoms with Crippen molar-refractivity contribution < 1.29 is 19.3 Å². The lowest BCUT2D eigenvalue weighted by Gasteiger charge is -2.17. The molecule has 0 bridgehead atoms. The van der Waals surface area contributed by atoms with Crippen LogP contribution in [0.15, 0.2) is 12.7 Å². The fourth-order valence-corrected chi connectivity index (χ4v) is 2.14. The largest absolute Gasteiger partial charge is 0.394 e. The molecule has 0 unspecified atom stereocenters. The number of nitrogens with one attached hydrogen (secondary N) is 2. The van der Waals surface area contributed by atoms with Crippen LogP contribution in [0.4, 0.5) is 4.39 Å². The molecule has 9 heteroatoms. The molecule has 3 rings (SSSR count). The Kier molecular flexibility index (Phi) is 2.81. The van der Waals surface area contributed by atoms with Crippen LogP contribution < -0.4 is 5.49 Å². The van der Waals surface area contributed by atoms with Crippen LogP contribution in [-0.4, -0.2) is 54.7 Å². The normalized spacial score (nSPS) is 31.1. The molecule has 0 radical (unpaired) electrons. The molecule has 4 N–H and O–H groups in total. The zero-order chi connectivity index (χ0) is 13.6. The first-order chi connectivity index (χ1) is 9.13. The van der Waals surface area contributed by atoms with Gasteiger partial charge in [0.25, 0.3) is 0 Å². The van der Waals surface area contributed by atoms with Gasteiger partial charge in [-0.3, -0.25) is 9.98 Å². The predicted octanol–water partition coefficient (Wildman–Crippen LogP) is -1.17. The van der Waals surface area contributed by atoms with E-state index in [-0.39, 0.29) is 5.49 Å². The minimum atomic E-state index is -1.71. The number of H-pyrrole nitrogens is 1. The van der Waals surface area contributed by atoms with Gasteiger partial charge >= 0.3 is 0 Å². The minimum absolute atomic E-state index is 0.0302. The molecule has 0 spiro atoms. The summed E-state index contributed by atoms with van der Waals surface area (Å²) in [5.41, 5.74) is 0.683. The standard InChI is InChI=1S/C10H12FN5O3/c11-5-4(1-17)19-10(7(5)18)16-3-15-9-6(8(16)12)13-2-14-9/h2-5,7,10,12,17-18H,1H2,(H,13,14)/t4-,5-,7-,10-/m1/s1. The van der Waals surface area contributed by atoms with Crippen molar-refractivity contribution in [3.63, 3.8) is 0 Å². The van der Waals surface area contributed by atoms with Crippen molar-refractivity contribution in [1.82, 2.24) is 19.5 Å². The first-order valence-electron chi connectivity index (χ1n) is 5.66. The highest BCUT2D eigenvalue weighted by Gasteiger charge is 2.45. The first-order valence-corrected chi connectivity index (χ1v) is 5.66. The van der Waals surface area contributed by atoms with Crippen LogP contribution in [0.1, 0.15) is 6.23 Å². The van der Waals surface area contributed by atoms with E-state index in [2.05, 4.69) is 15.0 Å². The summed E-state index contributed by atoms with van der Waals surface area (Å²) in [5.74, 6) is 0. The number of hydrogen-bond donors (Lipinski definition) is 4. The van der Waals surface area contributed by atoms with E-state index in [0.717, 1.165) is 0 Å². The van der Waals surface area contributed by atoms with Gasteiger partial charge in [0.05, 0.1) is 12.9 Å². The highest BCUT2D eigenvalue weighted by atomic mass is 19.1. The number of fused-ring (bicyclic) bond motifs is 1. The molecule has 19 heavy (non-hydrogen) atoms. The third-order valence-corrected chi connectivity index (χ3v) is 3.16. The van der Waals surface area contributed by atoms with E-state index in [1.807, 2.05) is 0 Å². The quantitative estimate of drug-likeness (QED) is 0.547. The highest BCUT2D eigenvalue weighted by molar-refractivity contribution is 5.67. The van der Waals surface area contributed by atoms with Crippen LogP contribution in [-0.2, 0) is 4.74 Å². The molecule has 8 nitrogen and oxygen atoms in total. The molecule has 0 aliphatic carbocycles. The van der Waals surface area contributed by atoms with Gasteiger partial charge in [0, 0.05) is 0 Å². The van der Waals surface area contributed by atoms with Crippen LogP contribution in [0.5, 0.6) is 0 Å². The number of nitrogens with zero attached hydrogens (tertiary/aromatic N) is 3. The molecule has 1 fully saturated rings. The Morgan fingerprint density at radius 2 is 2.32 bits per heavy atom. The van der Waals surface area contributed by atoms with Crippen molar-refractivity contribution in [3.05, 3.63) is 18.1 Å². The average molecular weight is 269 g/mol. The van der Waals surface area contributed by atoms with Gasteiger partial charge in [0.1, 0.15) is 24.1 Å². The van der Waals surface area contributed by atoms with Gasteiger partial charge in [-0.25, -0.2) is 14.4 Å². The number of ether oxygens (including phenoxy) is 1. The maximum absolute atomic E-state index is 13.7. The second kappa shape index (κ2) is 4.37. The summed E-state index contributed by atoms with van der Waals surface area (Å²) < 4.78 is 20.1. The van der Waals surface area contributed by atoms with E-state index in [4.69, 9.17) is 15.3 Å². The van der Waals surface area contributed by atoms with Crippen LogP contribution in [0.3, 0.4) is 0 Å². The number of aliphatic hydroxyl groups is 2. The molecule has 2 aromatic rings.